The van der Waals surface area contributed by atoms with Crippen molar-refractivity contribution in [3.63, 3.8) is 0 Å². The van der Waals surface area contributed by atoms with E-state index >= 15 is 0 Å². The van der Waals surface area contributed by atoms with Crippen LogP contribution in [0.5, 0.6) is 0 Å². The van der Waals surface area contributed by atoms with Crippen molar-refractivity contribution in [3.8, 4) is 0 Å². The Labute approximate surface area is 118 Å². The van der Waals surface area contributed by atoms with E-state index in [1.54, 1.807) is 28.9 Å². The summed E-state index contributed by atoms with van der Waals surface area (Å²) in [6.07, 6.45) is 3.73. The zero-order chi connectivity index (χ0) is 14.7. The van der Waals surface area contributed by atoms with Gasteiger partial charge >= 0.3 is 0 Å². The van der Waals surface area contributed by atoms with E-state index in [0.717, 1.165) is 17.8 Å². The van der Waals surface area contributed by atoms with Crippen molar-refractivity contribution in [1.29, 1.82) is 0 Å². The van der Waals surface area contributed by atoms with Crippen LogP contribution in [0.25, 0.3) is 0 Å². The molecule has 0 radical (unpaired) electrons. The standard InChI is InChI=1S/C13H20N6O/c1-4-18-8-11(6-15-18)7-17(3)13(20)9-19-10(2)5-12(14)16-19/h5-6,8H,4,7,9H2,1-3H3,(H2,14,16). The quantitative estimate of drug-likeness (QED) is 0.869. The Bertz CT molecular complexity index is 600. The molecule has 20 heavy (non-hydrogen) atoms. The Balaban J connectivity index is 1.96. The molecule has 0 fully saturated rings. The molecule has 0 aromatic carbocycles. The summed E-state index contributed by atoms with van der Waals surface area (Å²) < 4.78 is 3.45. The SMILES string of the molecule is CCn1cc(CN(C)C(=O)Cn2nc(N)cc2C)cn1. The first-order chi connectivity index (χ1) is 9.49. The lowest BCUT2D eigenvalue weighted by molar-refractivity contribution is -0.131. The highest BCUT2D eigenvalue weighted by Crippen LogP contribution is 2.07. The minimum absolute atomic E-state index is 0.0135. The predicted octanol–water partition coefficient (Wildman–Crippen LogP) is 0.649. The molecule has 2 N–H and O–H groups in total. The molecule has 0 aliphatic heterocycles. The van der Waals surface area contributed by atoms with Crippen LogP contribution in [0.2, 0.25) is 0 Å². The van der Waals surface area contributed by atoms with Gasteiger partial charge in [-0.1, -0.05) is 0 Å². The van der Waals surface area contributed by atoms with Gasteiger partial charge in [-0.3, -0.25) is 14.2 Å². The Morgan fingerprint density at radius 2 is 2.25 bits per heavy atom. The highest BCUT2D eigenvalue weighted by atomic mass is 16.2. The van der Waals surface area contributed by atoms with E-state index in [0.29, 0.717) is 12.4 Å². The lowest BCUT2D eigenvalue weighted by Crippen LogP contribution is -2.30. The number of rotatable bonds is 5. The van der Waals surface area contributed by atoms with E-state index in [2.05, 4.69) is 10.2 Å². The first-order valence-electron chi connectivity index (χ1n) is 6.54. The molecule has 108 valence electrons. The lowest BCUT2D eigenvalue weighted by Gasteiger charge is -2.16. The number of nitrogen functional groups attached to an aromatic ring is 1. The number of hydrogen-bond donors (Lipinski definition) is 1. The van der Waals surface area contributed by atoms with Gasteiger partial charge in [-0.25, -0.2) is 0 Å². The molecule has 0 aliphatic carbocycles. The molecule has 7 heteroatoms. The van der Waals surface area contributed by atoms with Crippen molar-refractivity contribution >= 4 is 11.7 Å². The van der Waals surface area contributed by atoms with E-state index in [1.807, 2.05) is 24.7 Å². The molecule has 2 heterocycles. The van der Waals surface area contributed by atoms with Crippen LogP contribution < -0.4 is 5.73 Å². The summed E-state index contributed by atoms with van der Waals surface area (Å²) in [6, 6.07) is 1.75. The van der Waals surface area contributed by atoms with Crippen LogP contribution >= 0.6 is 0 Å². The summed E-state index contributed by atoms with van der Waals surface area (Å²) in [7, 11) is 1.77. The molecule has 1 amide bonds. The first-order valence-corrected chi connectivity index (χ1v) is 6.54. The summed E-state index contributed by atoms with van der Waals surface area (Å²) in [6.45, 7) is 5.46. The van der Waals surface area contributed by atoms with Gasteiger partial charge in [0, 0.05) is 43.7 Å². The number of aryl methyl sites for hydroxylation is 2. The smallest absolute Gasteiger partial charge is 0.244 e. The zero-order valence-electron chi connectivity index (χ0n) is 12.1. The van der Waals surface area contributed by atoms with Crippen LogP contribution in [0.3, 0.4) is 0 Å². The molecule has 0 spiro atoms. The minimum atomic E-state index is -0.0135. The summed E-state index contributed by atoms with van der Waals surface area (Å²) in [5.74, 6) is 0.419. The number of aromatic nitrogens is 4. The van der Waals surface area contributed by atoms with E-state index in [4.69, 9.17) is 5.73 Å². The summed E-state index contributed by atoms with van der Waals surface area (Å²) in [5.41, 5.74) is 7.50. The number of carbonyl (C=O) groups excluding carboxylic acids is 1. The van der Waals surface area contributed by atoms with E-state index in [1.165, 1.54) is 0 Å². The largest absolute Gasteiger partial charge is 0.382 e. The topological polar surface area (TPSA) is 82.0 Å². The monoisotopic (exact) mass is 276 g/mol. The number of hydrogen-bond acceptors (Lipinski definition) is 4. The Kier molecular flexibility index (Phi) is 4.07. The molecular weight excluding hydrogens is 256 g/mol. The third-order valence-corrected chi connectivity index (χ3v) is 3.14. The normalized spacial score (nSPS) is 10.8. The van der Waals surface area contributed by atoms with Gasteiger partial charge in [-0.05, 0) is 13.8 Å². The van der Waals surface area contributed by atoms with E-state index < -0.39 is 0 Å². The maximum absolute atomic E-state index is 12.2. The fraction of sp³-hybridized carbons (Fsp3) is 0.462. The van der Waals surface area contributed by atoms with Crippen LogP contribution in [0.4, 0.5) is 5.82 Å². The van der Waals surface area contributed by atoms with Crippen LogP contribution in [0, 0.1) is 6.92 Å². The molecule has 7 nitrogen and oxygen atoms in total. The highest BCUT2D eigenvalue weighted by Gasteiger charge is 2.13. The second kappa shape index (κ2) is 5.77. The van der Waals surface area contributed by atoms with Crippen LogP contribution in [-0.2, 0) is 24.4 Å². The number of carbonyl (C=O) groups is 1. The van der Waals surface area contributed by atoms with Gasteiger partial charge in [-0.2, -0.15) is 10.2 Å². The maximum Gasteiger partial charge on any atom is 0.244 e. The molecule has 0 atom stereocenters. The summed E-state index contributed by atoms with van der Waals surface area (Å²) >= 11 is 0. The Morgan fingerprint density at radius 3 is 2.80 bits per heavy atom. The van der Waals surface area contributed by atoms with E-state index in [9.17, 15) is 4.79 Å². The number of nitrogens with two attached hydrogens (primary N) is 1. The van der Waals surface area contributed by atoms with Crippen LogP contribution in [0.15, 0.2) is 18.5 Å². The fourth-order valence-corrected chi connectivity index (χ4v) is 1.97. The van der Waals surface area contributed by atoms with Gasteiger partial charge in [0.1, 0.15) is 12.4 Å². The minimum Gasteiger partial charge on any atom is -0.382 e. The van der Waals surface area contributed by atoms with E-state index in [-0.39, 0.29) is 12.5 Å². The summed E-state index contributed by atoms with van der Waals surface area (Å²) in [4.78, 5) is 13.8. The molecule has 0 saturated carbocycles. The summed E-state index contributed by atoms with van der Waals surface area (Å²) in [5, 5.41) is 8.28. The maximum atomic E-state index is 12.2. The van der Waals surface area contributed by atoms with Gasteiger partial charge in [0.25, 0.3) is 0 Å². The molecule has 0 unspecified atom stereocenters. The first kappa shape index (κ1) is 14.1. The predicted molar refractivity (Wildman–Crippen MR) is 75.8 cm³/mol. The third kappa shape index (κ3) is 3.17. The van der Waals surface area contributed by atoms with Crippen molar-refractivity contribution in [3.05, 3.63) is 29.7 Å². The van der Waals surface area contributed by atoms with Gasteiger partial charge in [0.05, 0.1) is 6.20 Å². The van der Waals surface area contributed by atoms with Crippen molar-refractivity contribution in [2.24, 2.45) is 0 Å². The van der Waals surface area contributed by atoms with Gasteiger partial charge in [0.15, 0.2) is 0 Å². The average Bonchev–Trinajstić information content (AvgIpc) is 2.96. The van der Waals surface area contributed by atoms with Crippen LogP contribution in [0.1, 0.15) is 18.2 Å². The number of amides is 1. The van der Waals surface area contributed by atoms with Gasteiger partial charge in [0.2, 0.25) is 5.91 Å². The molecular formula is C13H20N6O. The zero-order valence-corrected chi connectivity index (χ0v) is 12.1. The molecule has 2 aromatic heterocycles. The van der Waals surface area contributed by atoms with Gasteiger partial charge in [-0.15, -0.1) is 0 Å². The van der Waals surface area contributed by atoms with Gasteiger partial charge < -0.3 is 10.6 Å². The Hall–Kier alpha value is -2.31. The van der Waals surface area contributed by atoms with Crippen LogP contribution in [-0.4, -0.2) is 37.4 Å². The van der Waals surface area contributed by atoms with Crippen molar-refractivity contribution in [2.75, 3.05) is 12.8 Å². The molecule has 0 bridgehead atoms. The highest BCUT2D eigenvalue weighted by molar-refractivity contribution is 5.75. The van der Waals surface area contributed by atoms with Crippen molar-refractivity contribution in [1.82, 2.24) is 24.5 Å². The number of nitrogens with zero attached hydrogens (tertiary/aromatic N) is 5. The molecule has 2 aromatic rings. The lowest BCUT2D eigenvalue weighted by atomic mass is 10.3. The Morgan fingerprint density at radius 1 is 1.50 bits per heavy atom. The van der Waals surface area contributed by atoms with Crippen molar-refractivity contribution < 1.29 is 4.79 Å². The average molecular weight is 276 g/mol. The van der Waals surface area contributed by atoms with Crippen molar-refractivity contribution in [2.45, 2.75) is 33.5 Å². The molecule has 0 aliphatic rings. The second-order valence-corrected chi connectivity index (χ2v) is 4.82. The molecule has 2 rings (SSSR count). The molecule has 0 saturated heterocycles. The fourth-order valence-electron chi connectivity index (χ4n) is 1.97. The third-order valence-electron chi connectivity index (χ3n) is 3.14. The number of anilines is 1. The second-order valence-electron chi connectivity index (χ2n) is 4.82. The number of likely N-dealkylation sites (N-methyl/N-ethyl adjacent to an activating group) is 1.